The van der Waals surface area contributed by atoms with Crippen molar-refractivity contribution >= 4 is 17.6 Å². The third-order valence-electron chi connectivity index (χ3n) is 2.18. The van der Waals surface area contributed by atoms with Gasteiger partial charge in [0.25, 0.3) is 0 Å². The highest BCUT2D eigenvalue weighted by atomic mass is 32.2. The first-order chi connectivity index (χ1) is 6.98. The molecule has 1 aromatic rings. The number of thioether (sulfide) groups is 1. The van der Waals surface area contributed by atoms with E-state index in [0.29, 0.717) is 5.76 Å². The molecule has 1 unspecified atom stereocenters. The number of hydrogen-bond acceptors (Lipinski definition) is 5. The first-order valence-electron chi connectivity index (χ1n) is 4.61. The molecular weight excluding hydrogens is 216 g/mol. The van der Waals surface area contributed by atoms with Crippen molar-refractivity contribution in [3.63, 3.8) is 0 Å². The minimum atomic E-state index is -0.520. The average molecular weight is 228 g/mol. The molecule has 6 heteroatoms. The molecular formula is C9H12N2O3S. The standard InChI is InChI=1S/C9H12N2O3S/c1-9(2)5-15-8(10-9)6-3-4-7(14-6)11(12)13/h3-4,8,10H,5H2,1-2H3. The van der Waals surface area contributed by atoms with Gasteiger partial charge in [0.2, 0.25) is 0 Å². The van der Waals surface area contributed by atoms with E-state index in [-0.39, 0.29) is 16.8 Å². The second-order valence-electron chi connectivity index (χ2n) is 4.15. The summed E-state index contributed by atoms with van der Waals surface area (Å²) in [5, 5.41) is 13.8. The Kier molecular flexibility index (Phi) is 2.47. The summed E-state index contributed by atoms with van der Waals surface area (Å²) < 4.78 is 5.14. The minimum absolute atomic E-state index is 0.0219. The maximum absolute atomic E-state index is 10.4. The van der Waals surface area contributed by atoms with E-state index in [1.54, 1.807) is 17.8 Å². The van der Waals surface area contributed by atoms with Crippen molar-refractivity contribution in [3.8, 4) is 0 Å². The lowest BCUT2D eigenvalue weighted by Crippen LogP contribution is -2.35. The maximum atomic E-state index is 10.4. The molecule has 0 aliphatic carbocycles. The number of rotatable bonds is 2. The van der Waals surface area contributed by atoms with Crippen molar-refractivity contribution in [1.82, 2.24) is 5.32 Å². The van der Waals surface area contributed by atoms with Crippen LogP contribution in [0.2, 0.25) is 0 Å². The van der Waals surface area contributed by atoms with Gasteiger partial charge in [0.15, 0.2) is 0 Å². The normalized spacial score (nSPS) is 24.3. The van der Waals surface area contributed by atoms with Gasteiger partial charge in [0, 0.05) is 11.3 Å². The second kappa shape index (κ2) is 3.53. The number of furan rings is 1. The van der Waals surface area contributed by atoms with Crippen molar-refractivity contribution < 1.29 is 9.34 Å². The van der Waals surface area contributed by atoms with Crippen LogP contribution < -0.4 is 5.32 Å². The van der Waals surface area contributed by atoms with Gasteiger partial charge in [0.1, 0.15) is 16.1 Å². The van der Waals surface area contributed by atoms with Crippen molar-refractivity contribution in [2.75, 3.05) is 5.75 Å². The molecule has 1 aliphatic heterocycles. The van der Waals surface area contributed by atoms with Crippen LogP contribution in [0.1, 0.15) is 25.0 Å². The Labute approximate surface area is 91.4 Å². The van der Waals surface area contributed by atoms with Crippen LogP contribution in [-0.2, 0) is 0 Å². The fourth-order valence-electron chi connectivity index (χ4n) is 1.46. The average Bonchev–Trinajstić information content (AvgIpc) is 2.70. The van der Waals surface area contributed by atoms with Gasteiger partial charge in [-0.2, -0.15) is 0 Å². The van der Waals surface area contributed by atoms with Crippen LogP contribution in [0, 0.1) is 10.1 Å². The lowest BCUT2D eigenvalue weighted by Gasteiger charge is -2.17. The van der Waals surface area contributed by atoms with E-state index in [4.69, 9.17) is 4.42 Å². The quantitative estimate of drug-likeness (QED) is 0.621. The zero-order valence-corrected chi connectivity index (χ0v) is 9.34. The molecule has 1 N–H and O–H groups in total. The molecule has 0 aromatic carbocycles. The Morgan fingerprint density at radius 3 is 2.87 bits per heavy atom. The van der Waals surface area contributed by atoms with Gasteiger partial charge < -0.3 is 4.42 Å². The molecule has 0 spiro atoms. The van der Waals surface area contributed by atoms with Crippen molar-refractivity contribution in [2.24, 2.45) is 0 Å². The SMILES string of the molecule is CC1(C)CSC(c2ccc([N+](=O)[O-])o2)N1. The van der Waals surface area contributed by atoms with Crippen LogP contribution in [0.5, 0.6) is 0 Å². The van der Waals surface area contributed by atoms with Crippen molar-refractivity contribution in [1.29, 1.82) is 0 Å². The lowest BCUT2D eigenvalue weighted by molar-refractivity contribution is -0.402. The summed E-state index contributed by atoms with van der Waals surface area (Å²) in [7, 11) is 0. The van der Waals surface area contributed by atoms with E-state index in [2.05, 4.69) is 19.2 Å². The molecule has 1 aliphatic rings. The van der Waals surface area contributed by atoms with E-state index in [0.717, 1.165) is 5.75 Å². The van der Waals surface area contributed by atoms with Crippen LogP contribution in [0.15, 0.2) is 16.5 Å². The van der Waals surface area contributed by atoms with Gasteiger partial charge in [-0.25, -0.2) is 0 Å². The summed E-state index contributed by atoms with van der Waals surface area (Å²) in [6.45, 7) is 4.19. The van der Waals surface area contributed by atoms with Gasteiger partial charge in [0.05, 0.1) is 6.07 Å². The van der Waals surface area contributed by atoms with E-state index in [9.17, 15) is 10.1 Å². The fraction of sp³-hybridized carbons (Fsp3) is 0.556. The van der Waals surface area contributed by atoms with Crippen molar-refractivity contribution in [3.05, 3.63) is 28.0 Å². The van der Waals surface area contributed by atoms with Gasteiger partial charge in [-0.05, 0) is 19.9 Å². The topological polar surface area (TPSA) is 68.3 Å². The molecule has 1 aromatic heterocycles. The Hall–Kier alpha value is -1.01. The van der Waals surface area contributed by atoms with Crippen molar-refractivity contribution in [2.45, 2.75) is 24.8 Å². The minimum Gasteiger partial charge on any atom is -0.403 e. The van der Waals surface area contributed by atoms with E-state index >= 15 is 0 Å². The van der Waals surface area contributed by atoms with E-state index in [1.165, 1.54) is 6.07 Å². The van der Waals surface area contributed by atoms with Crippen LogP contribution in [0.4, 0.5) is 5.88 Å². The van der Waals surface area contributed by atoms with E-state index < -0.39 is 4.92 Å². The largest absolute Gasteiger partial charge is 0.433 e. The summed E-state index contributed by atoms with van der Waals surface area (Å²) in [4.78, 5) is 9.92. The molecule has 0 amide bonds. The third kappa shape index (κ3) is 2.15. The fourth-order valence-corrected chi connectivity index (χ4v) is 2.82. The summed E-state index contributed by atoms with van der Waals surface area (Å²) >= 11 is 1.70. The Morgan fingerprint density at radius 1 is 1.67 bits per heavy atom. The highest BCUT2D eigenvalue weighted by Crippen LogP contribution is 2.38. The van der Waals surface area contributed by atoms with Crippen LogP contribution in [-0.4, -0.2) is 16.2 Å². The molecule has 2 rings (SSSR count). The molecule has 0 radical (unpaired) electrons. The Balaban J connectivity index is 2.14. The zero-order chi connectivity index (χ0) is 11.1. The van der Waals surface area contributed by atoms with Crippen LogP contribution in [0.3, 0.4) is 0 Å². The molecule has 0 saturated carbocycles. The third-order valence-corrected chi connectivity index (χ3v) is 3.76. The highest BCUT2D eigenvalue weighted by Gasteiger charge is 2.33. The maximum Gasteiger partial charge on any atom is 0.433 e. The second-order valence-corrected chi connectivity index (χ2v) is 5.25. The van der Waals surface area contributed by atoms with Gasteiger partial charge in [-0.1, -0.05) is 0 Å². The van der Waals surface area contributed by atoms with Gasteiger partial charge in [-0.3, -0.25) is 15.4 Å². The zero-order valence-electron chi connectivity index (χ0n) is 8.52. The van der Waals surface area contributed by atoms with Gasteiger partial charge >= 0.3 is 5.88 Å². The summed E-state index contributed by atoms with van der Waals surface area (Å²) in [5.74, 6) is 1.39. The monoisotopic (exact) mass is 228 g/mol. The molecule has 5 nitrogen and oxygen atoms in total. The molecule has 0 bridgehead atoms. The highest BCUT2D eigenvalue weighted by molar-refractivity contribution is 7.99. The summed E-state index contributed by atoms with van der Waals surface area (Å²) in [5.41, 5.74) is 0.0525. The molecule has 2 heterocycles. The summed E-state index contributed by atoms with van der Waals surface area (Å²) in [6.07, 6.45) is 0. The molecule has 1 saturated heterocycles. The molecule has 1 fully saturated rings. The predicted octanol–water partition coefficient (Wildman–Crippen LogP) is 2.30. The molecule has 1 atom stereocenters. The number of hydrogen-bond donors (Lipinski definition) is 1. The Bertz CT molecular complexity index is 388. The van der Waals surface area contributed by atoms with Crippen LogP contribution >= 0.6 is 11.8 Å². The smallest absolute Gasteiger partial charge is 0.403 e. The summed E-state index contributed by atoms with van der Waals surface area (Å²) in [6, 6.07) is 3.05. The molecule has 15 heavy (non-hydrogen) atoms. The number of nitrogens with one attached hydrogen (secondary N) is 1. The Morgan fingerprint density at radius 2 is 2.40 bits per heavy atom. The van der Waals surface area contributed by atoms with Crippen LogP contribution in [0.25, 0.3) is 0 Å². The number of nitro groups is 1. The van der Waals surface area contributed by atoms with Gasteiger partial charge in [-0.15, -0.1) is 11.8 Å². The lowest BCUT2D eigenvalue weighted by atomic mass is 10.1. The predicted molar refractivity (Wildman–Crippen MR) is 57.8 cm³/mol. The first kappa shape index (κ1) is 10.5. The number of nitrogens with zero attached hydrogens (tertiary/aromatic N) is 1. The molecule has 82 valence electrons. The van der Waals surface area contributed by atoms with E-state index in [1.807, 2.05) is 0 Å². The first-order valence-corrected chi connectivity index (χ1v) is 5.66.